The molecule has 0 radical (unpaired) electrons. The van der Waals surface area contributed by atoms with Crippen molar-refractivity contribution in [3.05, 3.63) is 59.5 Å². The summed E-state index contributed by atoms with van der Waals surface area (Å²) in [6, 6.07) is 12.0. The summed E-state index contributed by atoms with van der Waals surface area (Å²) >= 11 is 0. The first-order chi connectivity index (χ1) is 11.2. The highest BCUT2D eigenvalue weighted by Crippen LogP contribution is 2.30. The van der Waals surface area contributed by atoms with Gasteiger partial charge in [-0.2, -0.15) is 0 Å². The first-order valence-corrected chi connectivity index (χ1v) is 7.56. The molecule has 0 aliphatic carbocycles. The molecule has 2 heterocycles. The molecule has 3 aromatic rings. The summed E-state index contributed by atoms with van der Waals surface area (Å²) in [5, 5.41) is 0. The van der Waals surface area contributed by atoms with Crippen LogP contribution in [0.4, 0.5) is 5.69 Å². The van der Waals surface area contributed by atoms with Crippen LogP contribution in [0.2, 0.25) is 0 Å². The molecule has 2 amide bonds. The molecule has 5 nitrogen and oxygen atoms in total. The van der Waals surface area contributed by atoms with E-state index in [0.29, 0.717) is 28.3 Å². The van der Waals surface area contributed by atoms with Gasteiger partial charge in [-0.05, 0) is 30.7 Å². The predicted molar refractivity (Wildman–Crippen MR) is 85.6 cm³/mol. The van der Waals surface area contributed by atoms with E-state index in [2.05, 4.69) is 11.9 Å². The van der Waals surface area contributed by atoms with Crippen molar-refractivity contribution in [1.82, 2.24) is 4.98 Å². The lowest BCUT2D eigenvalue weighted by molar-refractivity contribution is 0.0926. The van der Waals surface area contributed by atoms with Crippen LogP contribution in [0, 0.1) is 0 Å². The Morgan fingerprint density at radius 2 is 1.74 bits per heavy atom. The van der Waals surface area contributed by atoms with E-state index in [9.17, 15) is 9.59 Å². The van der Waals surface area contributed by atoms with E-state index in [1.165, 1.54) is 4.90 Å². The Hall–Kier alpha value is -2.95. The minimum absolute atomic E-state index is 0.307. The van der Waals surface area contributed by atoms with Crippen LogP contribution in [0.15, 0.2) is 46.9 Å². The smallest absolute Gasteiger partial charge is 0.266 e. The zero-order valence-corrected chi connectivity index (χ0v) is 12.6. The fourth-order valence-electron chi connectivity index (χ4n) is 2.84. The third-order valence-electron chi connectivity index (χ3n) is 3.93. The quantitative estimate of drug-likeness (QED) is 0.694. The Kier molecular flexibility index (Phi) is 3.01. The van der Waals surface area contributed by atoms with Gasteiger partial charge < -0.3 is 4.42 Å². The monoisotopic (exact) mass is 306 g/mol. The predicted octanol–water partition coefficient (Wildman–Crippen LogP) is 3.58. The number of carbonyl (C=O) groups excluding carboxylic acids is 2. The fourth-order valence-corrected chi connectivity index (χ4v) is 2.84. The van der Waals surface area contributed by atoms with Gasteiger partial charge in [-0.1, -0.05) is 19.1 Å². The van der Waals surface area contributed by atoms with Crippen molar-refractivity contribution >= 4 is 28.6 Å². The summed E-state index contributed by atoms with van der Waals surface area (Å²) in [7, 11) is 0. The molecule has 1 aliphatic rings. The standard InChI is InChI=1S/C18H14N2O3/c1-2-5-16-19-14-9-8-11(10-15(14)23-16)20-17(21)12-6-3-4-7-13(12)18(20)22/h3-4,6-10H,2,5H2,1H3. The van der Waals surface area contributed by atoms with E-state index in [-0.39, 0.29) is 11.8 Å². The maximum absolute atomic E-state index is 12.5. The average Bonchev–Trinajstić information content (AvgIpc) is 3.07. The van der Waals surface area contributed by atoms with Crippen LogP contribution in [0.1, 0.15) is 40.0 Å². The second kappa shape index (κ2) is 5.05. The summed E-state index contributed by atoms with van der Waals surface area (Å²) in [4.78, 5) is 30.6. The Balaban J connectivity index is 1.78. The average molecular weight is 306 g/mol. The maximum atomic E-state index is 12.5. The number of fused-ring (bicyclic) bond motifs is 2. The number of oxazole rings is 1. The molecule has 0 bridgehead atoms. The van der Waals surface area contributed by atoms with Gasteiger partial charge in [0.25, 0.3) is 11.8 Å². The zero-order valence-electron chi connectivity index (χ0n) is 12.6. The Morgan fingerprint density at radius 3 is 2.39 bits per heavy atom. The van der Waals surface area contributed by atoms with E-state index in [1.807, 2.05) is 0 Å². The third kappa shape index (κ3) is 2.04. The molecule has 0 saturated heterocycles. The molecule has 5 heteroatoms. The molecule has 4 rings (SSSR count). The Bertz CT molecular complexity index is 907. The molecular formula is C18H14N2O3. The van der Waals surface area contributed by atoms with Gasteiger partial charge in [-0.3, -0.25) is 9.59 Å². The number of hydrogen-bond donors (Lipinski definition) is 0. The molecule has 2 aromatic carbocycles. The van der Waals surface area contributed by atoms with Crippen LogP contribution in [-0.2, 0) is 6.42 Å². The van der Waals surface area contributed by atoms with Crippen molar-refractivity contribution in [2.45, 2.75) is 19.8 Å². The summed E-state index contributed by atoms with van der Waals surface area (Å²) < 4.78 is 5.70. The summed E-state index contributed by atoms with van der Waals surface area (Å²) in [6.07, 6.45) is 1.70. The minimum atomic E-state index is -0.307. The lowest BCUT2D eigenvalue weighted by Crippen LogP contribution is -2.29. The number of aryl methyl sites for hydroxylation is 1. The fraction of sp³-hybridized carbons (Fsp3) is 0.167. The van der Waals surface area contributed by atoms with Crippen LogP contribution in [-0.4, -0.2) is 16.8 Å². The first kappa shape index (κ1) is 13.7. The molecule has 1 aromatic heterocycles. The number of imide groups is 1. The molecule has 0 fully saturated rings. The van der Waals surface area contributed by atoms with Crippen molar-refractivity contribution in [2.24, 2.45) is 0 Å². The molecule has 0 unspecified atom stereocenters. The van der Waals surface area contributed by atoms with Crippen molar-refractivity contribution in [2.75, 3.05) is 4.90 Å². The number of carbonyl (C=O) groups is 2. The molecular weight excluding hydrogens is 292 g/mol. The van der Waals surface area contributed by atoms with Crippen LogP contribution in [0.3, 0.4) is 0 Å². The molecule has 0 saturated carbocycles. The molecule has 114 valence electrons. The van der Waals surface area contributed by atoms with Gasteiger partial charge in [0.05, 0.1) is 16.8 Å². The Labute approximate surface area is 132 Å². The van der Waals surface area contributed by atoms with Gasteiger partial charge in [-0.25, -0.2) is 9.88 Å². The van der Waals surface area contributed by atoms with E-state index in [4.69, 9.17) is 4.42 Å². The number of amides is 2. The maximum Gasteiger partial charge on any atom is 0.266 e. The van der Waals surface area contributed by atoms with Gasteiger partial charge in [0, 0.05) is 12.5 Å². The van der Waals surface area contributed by atoms with Crippen LogP contribution in [0.25, 0.3) is 11.1 Å². The first-order valence-electron chi connectivity index (χ1n) is 7.56. The number of hydrogen-bond acceptors (Lipinski definition) is 4. The van der Waals surface area contributed by atoms with Crippen LogP contribution < -0.4 is 4.90 Å². The van der Waals surface area contributed by atoms with Crippen LogP contribution >= 0.6 is 0 Å². The molecule has 0 N–H and O–H groups in total. The lowest BCUT2D eigenvalue weighted by atomic mass is 10.1. The summed E-state index contributed by atoms with van der Waals surface area (Å²) in [5.74, 6) is 0.0542. The second-order valence-corrected chi connectivity index (χ2v) is 5.50. The van der Waals surface area contributed by atoms with Crippen molar-refractivity contribution in [1.29, 1.82) is 0 Å². The zero-order chi connectivity index (χ0) is 16.0. The highest BCUT2D eigenvalue weighted by Gasteiger charge is 2.36. The van der Waals surface area contributed by atoms with Gasteiger partial charge in [-0.15, -0.1) is 0 Å². The highest BCUT2D eigenvalue weighted by molar-refractivity contribution is 6.34. The van der Waals surface area contributed by atoms with Gasteiger partial charge in [0.1, 0.15) is 5.52 Å². The van der Waals surface area contributed by atoms with Gasteiger partial charge >= 0.3 is 0 Å². The topological polar surface area (TPSA) is 63.4 Å². The van der Waals surface area contributed by atoms with Crippen molar-refractivity contribution < 1.29 is 14.0 Å². The number of rotatable bonds is 3. The number of benzene rings is 2. The normalized spacial score (nSPS) is 13.9. The molecule has 0 atom stereocenters. The van der Waals surface area contributed by atoms with E-state index in [0.717, 1.165) is 18.4 Å². The second-order valence-electron chi connectivity index (χ2n) is 5.50. The number of nitrogens with zero attached hydrogens (tertiary/aromatic N) is 2. The molecule has 0 spiro atoms. The number of aromatic nitrogens is 1. The van der Waals surface area contributed by atoms with Crippen LogP contribution in [0.5, 0.6) is 0 Å². The summed E-state index contributed by atoms with van der Waals surface area (Å²) in [6.45, 7) is 2.05. The minimum Gasteiger partial charge on any atom is -0.441 e. The van der Waals surface area contributed by atoms with Gasteiger partial charge in [0.15, 0.2) is 11.5 Å². The SMILES string of the molecule is CCCc1nc2ccc(N3C(=O)c4ccccc4C3=O)cc2o1. The van der Waals surface area contributed by atoms with Crippen molar-refractivity contribution in [3.63, 3.8) is 0 Å². The van der Waals surface area contributed by atoms with Crippen molar-refractivity contribution in [3.8, 4) is 0 Å². The molecule has 23 heavy (non-hydrogen) atoms. The van der Waals surface area contributed by atoms with E-state index < -0.39 is 0 Å². The largest absolute Gasteiger partial charge is 0.441 e. The Morgan fingerprint density at radius 1 is 1.04 bits per heavy atom. The highest BCUT2D eigenvalue weighted by atomic mass is 16.3. The van der Waals surface area contributed by atoms with E-state index >= 15 is 0 Å². The third-order valence-corrected chi connectivity index (χ3v) is 3.93. The van der Waals surface area contributed by atoms with E-state index in [1.54, 1.807) is 42.5 Å². The summed E-state index contributed by atoms with van der Waals surface area (Å²) in [5.41, 5.74) is 2.68. The lowest BCUT2D eigenvalue weighted by Gasteiger charge is -2.13. The molecule has 1 aliphatic heterocycles. The van der Waals surface area contributed by atoms with Gasteiger partial charge in [0.2, 0.25) is 0 Å². The number of anilines is 1.